The van der Waals surface area contributed by atoms with Crippen LogP contribution in [0.4, 0.5) is 0 Å². The molecule has 0 saturated carbocycles. The van der Waals surface area contributed by atoms with Crippen LogP contribution < -0.4 is 0 Å². The van der Waals surface area contributed by atoms with Crippen LogP contribution in [0.15, 0.2) is 36.4 Å². The molecular formula is C17H26N2. The van der Waals surface area contributed by atoms with E-state index in [1.165, 1.54) is 37.9 Å². The van der Waals surface area contributed by atoms with Crippen LogP contribution in [0.25, 0.3) is 6.08 Å². The van der Waals surface area contributed by atoms with E-state index >= 15 is 0 Å². The van der Waals surface area contributed by atoms with Crippen molar-refractivity contribution in [1.82, 2.24) is 9.80 Å². The van der Waals surface area contributed by atoms with Gasteiger partial charge < -0.3 is 9.80 Å². The van der Waals surface area contributed by atoms with Crippen molar-refractivity contribution < 1.29 is 0 Å². The molecule has 1 fully saturated rings. The van der Waals surface area contributed by atoms with Crippen LogP contribution in [0.2, 0.25) is 0 Å². The Morgan fingerprint density at radius 2 is 2.05 bits per heavy atom. The summed E-state index contributed by atoms with van der Waals surface area (Å²) in [5.41, 5.74) is 1.28. The molecule has 0 bridgehead atoms. The van der Waals surface area contributed by atoms with E-state index in [0.717, 1.165) is 12.6 Å². The van der Waals surface area contributed by atoms with Crippen LogP contribution in [0.1, 0.15) is 24.8 Å². The third-order valence-electron chi connectivity index (χ3n) is 3.97. The lowest BCUT2D eigenvalue weighted by Crippen LogP contribution is -2.43. The molecule has 1 aromatic carbocycles. The number of hydrogen-bond acceptors (Lipinski definition) is 2. The van der Waals surface area contributed by atoms with Crippen molar-refractivity contribution in [2.45, 2.75) is 25.3 Å². The van der Waals surface area contributed by atoms with Crippen LogP contribution >= 0.6 is 0 Å². The van der Waals surface area contributed by atoms with E-state index in [0.29, 0.717) is 0 Å². The second kappa shape index (κ2) is 7.46. The highest BCUT2D eigenvalue weighted by Crippen LogP contribution is 2.15. The fourth-order valence-corrected chi connectivity index (χ4v) is 2.74. The van der Waals surface area contributed by atoms with Crippen molar-refractivity contribution in [2.24, 2.45) is 0 Å². The Hall–Kier alpha value is -1.12. The number of hydrogen-bond donors (Lipinski definition) is 0. The van der Waals surface area contributed by atoms with Gasteiger partial charge in [0.2, 0.25) is 0 Å². The van der Waals surface area contributed by atoms with Gasteiger partial charge in [0, 0.05) is 19.1 Å². The van der Waals surface area contributed by atoms with E-state index in [1.807, 2.05) is 0 Å². The maximum atomic E-state index is 2.51. The number of likely N-dealkylation sites (tertiary alicyclic amines) is 1. The third kappa shape index (κ3) is 4.81. The predicted octanol–water partition coefficient (Wildman–Crippen LogP) is 3.12. The van der Waals surface area contributed by atoms with Gasteiger partial charge in [-0.25, -0.2) is 0 Å². The molecule has 0 aromatic heterocycles. The largest absolute Gasteiger partial charge is 0.302 e. The van der Waals surface area contributed by atoms with Gasteiger partial charge in [-0.3, -0.25) is 0 Å². The number of nitrogens with zero attached hydrogens (tertiary/aromatic N) is 2. The monoisotopic (exact) mass is 258 g/mol. The van der Waals surface area contributed by atoms with E-state index in [2.05, 4.69) is 66.4 Å². The summed E-state index contributed by atoms with van der Waals surface area (Å²) in [5, 5.41) is 0. The summed E-state index contributed by atoms with van der Waals surface area (Å²) in [7, 11) is 4.48. The topological polar surface area (TPSA) is 6.48 Å². The van der Waals surface area contributed by atoms with Gasteiger partial charge in [0.1, 0.15) is 0 Å². The summed E-state index contributed by atoms with van der Waals surface area (Å²) < 4.78 is 0. The molecule has 19 heavy (non-hydrogen) atoms. The van der Waals surface area contributed by atoms with Crippen LogP contribution in [-0.4, -0.2) is 49.6 Å². The summed E-state index contributed by atoms with van der Waals surface area (Å²) in [6, 6.07) is 11.3. The molecule has 0 N–H and O–H groups in total. The zero-order valence-electron chi connectivity index (χ0n) is 12.3. The van der Waals surface area contributed by atoms with E-state index in [9.17, 15) is 0 Å². The van der Waals surface area contributed by atoms with Crippen molar-refractivity contribution in [1.29, 1.82) is 0 Å². The summed E-state index contributed by atoms with van der Waals surface area (Å²) in [6.45, 7) is 3.47. The highest BCUT2D eigenvalue weighted by molar-refractivity contribution is 5.48. The molecule has 1 heterocycles. The normalized spacial score (nSPS) is 21.3. The Bertz CT molecular complexity index is 386. The van der Waals surface area contributed by atoms with Gasteiger partial charge >= 0.3 is 0 Å². The molecule has 0 aliphatic carbocycles. The molecule has 2 rings (SSSR count). The molecule has 1 aliphatic heterocycles. The van der Waals surface area contributed by atoms with E-state index in [-0.39, 0.29) is 0 Å². The highest BCUT2D eigenvalue weighted by Gasteiger charge is 2.19. The SMILES string of the molecule is CN(CC=Cc1ccccc1)CC1CCCCN1C. The van der Waals surface area contributed by atoms with Crippen molar-refractivity contribution in [3.63, 3.8) is 0 Å². The molecule has 1 unspecified atom stereocenters. The Morgan fingerprint density at radius 3 is 2.79 bits per heavy atom. The molecule has 0 amide bonds. The van der Waals surface area contributed by atoms with Crippen LogP contribution in [0.3, 0.4) is 0 Å². The van der Waals surface area contributed by atoms with E-state index in [1.54, 1.807) is 0 Å². The first-order chi connectivity index (χ1) is 9.25. The van der Waals surface area contributed by atoms with Gasteiger partial charge in [0.15, 0.2) is 0 Å². The lowest BCUT2D eigenvalue weighted by Gasteiger charge is -2.34. The third-order valence-corrected chi connectivity index (χ3v) is 3.97. The minimum atomic E-state index is 0.740. The predicted molar refractivity (Wildman–Crippen MR) is 83.2 cm³/mol. The fourth-order valence-electron chi connectivity index (χ4n) is 2.74. The minimum Gasteiger partial charge on any atom is -0.302 e. The van der Waals surface area contributed by atoms with Gasteiger partial charge in [0.05, 0.1) is 0 Å². The Morgan fingerprint density at radius 1 is 1.26 bits per heavy atom. The van der Waals surface area contributed by atoms with Crippen molar-refractivity contribution in [3.05, 3.63) is 42.0 Å². The van der Waals surface area contributed by atoms with E-state index < -0.39 is 0 Å². The molecule has 0 spiro atoms. The molecule has 2 nitrogen and oxygen atoms in total. The molecule has 1 aromatic rings. The molecule has 1 aliphatic rings. The van der Waals surface area contributed by atoms with Gasteiger partial charge in [-0.2, -0.15) is 0 Å². The number of piperidine rings is 1. The minimum absolute atomic E-state index is 0.740. The average Bonchev–Trinajstić information content (AvgIpc) is 2.43. The van der Waals surface area contributed by atoms with Crippen molar-refractivity contribution >= 4 is 6.08 Å². The van der Waals surface area contributed by atoms with Crippen molar-refractivity contribution in [2.75, 3.05) is 33.7 Å². The summed E-state index contributed by atoms with van der Waals surface area (Å²) in [5.74, 6) is 0. The first kappa shape index (κ1) is 14.3. The van der Waals surface area contributed by atoms with Gasteiger partial charge in [-0.15, -0.1) is 0 Å². The second-order valence-electron chi connectivity index (χ2n) is 5.66. The summed E-state index contributed by atoms with van der Waals surface area (Å²) in [6.07, 6.45) is 8.58. The molecule has 104 valence electrons. The first-order valence-corrected chi connectivity index (χ1v) is 7.36. The quantitative estimate of drug-likeness (QED) is 0.800. The average molecular weight is 258 g/mol. The molecule has 1 atom stereocenters. The standard InChI is InChI=1S/C17H26N2/c1-18(15-17-12-6-7-14-19(17)2)13-8-11-16-9-4-3-5-10-16/h3-5,8-11,17H,6-7,12-15H2,1-2H3. The summed E-state index contributed by atoms with van der Waals surface area (Å²) in [4.78, 5) is 4.94. The zero-order valence-corrected chi connectivity index (χ0v) is 12.3. The maximum absolute atomic E-state index is 2.51. The van der Waals surface area contributed by atoms with Crippen LogP contribution in [0, 0.1) is 0 Å². The molecular weight excluding hydrogens is 232 g/mol. The summed E-state index contributed by atoms with van der Waals surface area (Å²) >= 11 is 0. The fraction of sp³-hybridized carbons (Fsp3) is 0.529. The Balaban J connectivity index is 1.75. The van der Waals surface area contributed by atoms with E-state index in [4.69, 9.17) is 0 Å². The lowest BCUT2D eigenvalue weighted by molar-refractivity contribution is 0.146. The van der Waals surface area contributed by atoms with Crippen molar-refractivity contribution in [3.8, 4) is 0 Å². The molecule has 0 radical (unpaired) electrons. The van der Waals surface area contributed by atoms with Gasteiger partial charge in [-0.1, -0.05) is 48.9 Å². The van der Waals surface area contributed by atoms with Gasteiger partial charge in [-0.05, 0) is 39.0 Å². The number of likely N-dealkylation sites (N-methyl/N-ethyl adjacent to an activating group) is 2. The highest BCUT2D eigenvalue weighted by atomic mass is 15.2. The lowest BCUT2D eigenvalue weighted by atomic mass is 10.0. The second-order valence-corrected chi connectivity index (χ2v) is 5.66. The van der Waals surface area contributed by atoms with Crippen LogP contribution in [0.5, 0.6) is 0 Å². The van der Waals surface area contributed by atoms with Crippen LogP contribution in [-0.2, 0) is 0 Å². The zero-order chi connectivity index (χ0) is 13.5. The van der Waals surface area contributed by atoms with Gasteiger partial charge in [0.25, 0.3) is 0 Å². The number of benzene rings is 1. The smallest absolute Gasteiger partial charge is 0.0220 e. The Labute approximate surface area is 117 Å². The number of rotatable bonds is 5. The molecule has 2 heteroatoms. The molecule has 1 saturated heterocycles. The Kier molecular flexibility index (Phi) is 5.62. The first-order valence-electron chi connectivity index (χ1n) is 7.36. The maximum Gasteiger partial charge on any atom is 0.0220 e.